The molecule has 0 amide bonds. The van der Waals surface area contributed by atoms with Gasteiger partial charge in [0.05, 0.1) is 17.0 Å². The van der Waals surface area contributed by atoms with E-state index in [1.54, 1.807) is 48.6 Å². The van der Waals surface area contributed by atoms with Crippen molar-refractivity contribution in [1.82, 2.24) is 4.72 Å². The highest BCUT2D eigenvalue weighted by Gasteiger charge is 2.23. The highest BCUT2D eigenvalue weighted by molar-refractivity contribution is 7.89. The quantitative estimate of drug-likeness (QED) is 0.861. The molecule has 0 heterocycles. The van der Waals surface area contributed by atoms with Gasteiger partial charge in [0.2, 0.25) is 10.0 Å². The van der Waals surface area contributed by atoms with Crippen LogP contribution in [0.3, 0.4) is 0 Å². The maximum atomic E-state index is 12.1. The third kappa shape index (κ3) is 2.87. The van der Waals surface area contributed by atoms with Gasteiger partial charge in [0, 0.05) is 0 Å². The Balaban J connectivity index is 2.19. The fraction of sp³-hybridized carbons (Fsp3) is 0.231. The molecule has 5 heteroatoms. The van der Waals surface area contributed by atoms with Crippen molar-refractivity contribution in [3.05, 3.63) is 54.1 Å². The maximum Gasteiger partial charge on any atom is 0.241 e. The zero-order valence-corrected chi connectivity index (χ0v) is 10.8. The molecule has 2 N–H and O–H groups in total. The molecule has 1 aliphatic carbocycles. The first-order valence-corrected chi connectivity index (χ1v) is 7.09. The van der Waals surface area contributed by atoms with Crippen LogP contribution >= 0.6 is 0 Å². The summed E-state index contributed by atoms with van der Waals surface area (Å²) in [5.41, 5.74) is 0.995. The van der Waals surface area contributed by atoms with Crippen LogP contribution in [0.5, 0.6) is 0 Å². The summed E-state index contributed by atoms with van der Waals surface area (Å²) in [6.45, 7) is 1.89. The van der Waals surface area contributed by atoms with E-state index in [1.165, 1.54) is 0 Å². The number of aliphatic hydroxyl groups excluding tert-OH is 1. The molecule has 1 aromatic carbocycles. The Kier molecular flexibility index (Phi) is 3.65. The van der Waals surface area contributed by atoms with Gasteiger partial charge in [0.25, 0.3) is 0 Å². The van der Waals surface area contributed by atoms with Crippen molar-refractivity contribution in [3.8, 4) is 0 Å². The van der Waals surface area contributed by atoms with Crippen molar-refractivity contribution in [2.24, 2.45) is 0 Å². The van der Waals surface area contributed by atoms with E-state index < -0.39 is 22.2 Å². The molecule has 2 rings (SSSR count). The molecule has 0 saturated heterocycles. The Labute approximate surface area is 107 Å². The lowest BCUT2D eigenvalue weighted by Gasteiger charge is -2.20. The molecular weight excluding hydrogens is 250 g/mol. The minimum Gasteiger partial charge on any atom is -0.387 e. The summed E-state index contributed by atoms with van der Waals surface area (Å²) in [5, 5.41) is 9.66. The highest BCUT2D eigenvalue weighted by Crippen LogP contribution is 2.13. The zero-order valence-electron chi connectivity index (χ0n) is 9.95. The molecule has 0 saturated carbocycles. The van der Waals surface area contributed by atoms with Gasteiger partial charge >= 0.3 is 0 Å². The number of nitrogens with one attached hydrogen (secondary N) is 1. The summed E-state index contributed by atoms with van der Waals surface area (Å²) < 4.78 is 26.6. The van der Waals surface area contributed by atoms with Crippen LogP contribution in [0.2, 0.25) is 0 Å². The molecule has 0 bridgehead atoms. The van der Waals surface area contributed by atoms with Crippen LogP contribution in [0.1, 0.15) is 5.56 Å². The predicted molar refractivity (Wildman–Crippen MR) is 69.6 cm³/mol. The van der Waals surface area contributed by atoms with Crippen LogP contribution in [-0.2, 0) is 10.0 Å². The van der Waals surface area contributed by atoms with Crippen LogP contribution in [0.15, 0.2) is 53.5 Å². The van der Waals surface area contributed by atoms with Crippen LogP contribution in [0.25, 0.3) is 0 Å². The Morgan fingerprint density at radius 1 is 1.11 bits per heavy atom. The third-order valence-corrected chi connectivity index (χ3v) is 4.20. The lowest BCUT2D eigenvalue weighted by Crippen LogP contribution is -2.41. The van der Waals surface area contributed by atoms with Gasteiger partial charge < -0.3 is 5.11 Å². The van der Waals surface area contributed by atoms with Gasteiger partial charge in [-0.15, -0.1) is 0 Å². The van der Waals surface area contributed by atoms with E-state index in [-0.39, 0.29) is 4.90 Å². The fourth-order valence-corrected chi connectivity index (χ4v) is 2.88. The van der Waals surface area contributed by atoms with Crippen LogP contribution in [0, 0.1) is 6.92 Å². The number of aliphatic hydroxyl groups is 1. The highest BCUT2D eigenvalue weighted by atomic mass is 32.2. The lowest BCUT2D eigenvalue weighted by molar-refractivity contribution is 0.200. The molecule has 2 atom stereocenters. The maximum absolute atomic E-state index is 12.1. The van der Waals surface area contributed by atoms with Crippen molar-refractivity contribution in [1.29, 1.82) is 0 Å². The van der Waals surface area contributed by atoms with Gasteiger partial charge in [-0.25, -0.2) is 13.1 Å². The average Bonchev–Trinajstić information content (AvgIpc) is 2.32. The summed E-state index contributed by atoms with van der Waals surface area (Å²) >= 11 is 0. The van der Waals surface area contributed by atoms with Crippen molar-refractivity contribution in [2.75, 3.05) is 0 Å². The normalized spacial score (nSPS) is 23.2. The van der Waals surface area contributed by atoms with Crippen molar-refractivity contribution < 1.29 is 13.5 Å². The summed E-state index contributed by atoms with van der Waals surface area (Å²) in [5.74, 6) is 0. The van der Waals surface area contributed by atoms with Crippen LogP contribution in [-0.4, -0.2) is 25.7 Å². The fourth-order valence-electron chi connectivity index (χ4n) is 1.67. The van der Waals surface area contributed by atoms with Gasteiger partial charge in [0.1, 0.15) is 0 Å². The van der Waals surface area contributed by atoms with E-state index in [0.29, 0.717) is 0 Å². The molecule has 0 aliphatic heterocycles. The first kappa shape index (κ1) is 13.0. The molecule has 4 nitrogen and oxygen atoms in total. The Morgan fingerprint density at radius 3 is 2.33 bits per heavy atom. The molecular formula is C13H15NO3S. The van der Waals surface area contributed by atoms with Crippen molar-refractivity contribution >= 4 is 10.0 Å². The summed E-state index contributed by atoms with van der Waals surface area (Å²) in [7, 11) is -3.60. The Morgan fingerprint density at radius 2 is 1.72 bits per heavy atom. The van der Waals surface area contributed by atoms with Crippen LogP contribution < -0.4 is 4.72 Å². The monoisotopic (exact) mass is 265 g/mol. The molecule has 1 unspecified atom stereocenters. The molecule has 96 valence electrons. The standard InChI is InChI=1S/C13H15NO3S/c1-10-6-8-11(9-7-10)18(16,17)14-12-4-2-3-5-13(12)15/h2-9,12-15H,1H3/t12-,13?/m1/s1. The first-order valence-electron chi connectivity index (χ1n) is 5.61. The topological polar surface area (TPSA) is 66.4 Å². The summed E-state index contributed by atoms with van der Waals surface area (Å²) in [6.07, 6.45) is 5.71. The van der Waals surface area contributed by atoms with E-state index in [1.807, 2.05) is 6.92 Å². The van der Waals surface area contributed by atoms with E-state index in [9.17, 15) is 13.5 Å². The van der Waals surface area contributed by atoms with Crippen LogP contribution in [0.4, 0.5) is 0 Å². The number of sulfonamides is 1. The molecule has 1 aliphatic rings. The Bertz CT molecular complexity index is 573. The van der Waals surface area contributed by atoms with Gasteiger partial charge in [-0.2, -0.15) is 0 Å². The lowest BCUT2D eigenvalue weighted by atomic mass is 10.1. The van der Waals surface area contributed by atoms with Gasteiger partial charge in [-0.1, -0.05) is 42.0 Å². The molecule has 0 aromatic heterocycles. The summed E-state index contributed by atoms with van der Waals surface area (Å²) in [6, 6.07) is 5.95. The molecule has 0 radical (unpaired) electrons. The number of hydrogen-bond acceptors (Lipinski definition) is 3. The number of benzene rings is 1. The average molecular weight is 265 g/mol. The largest absolute Gasteiger partial charge is 0.387 e. The number of hydrogen-bond donors (Lipinski definition) is 2. The first-order chi connectivity index (χ1) is 8.49. The number of allylic oxidation sites excluding steroid dienone is 2. The molecule has 1 aromatic rings. The van der Waals surface area contributed by atoms with E-state index >= 15 is 0 Å². The smallest absolute Gasteiger partial charge is 0.241 e. The van der Waals surface area contributed by atoms with E-state index in [4.69, 9.17) is 0 Å². The predicted octanol–water partition coefficient (Wildman–Crippen LogP) is 1.13. The van der Waals surface area contributed by atoms with E-state index in [2.05, 4.69) is 4.72 Å². The number of rotatable bonds is 3. The van der Waals surface area contributed by atoms with Crippen molar-refractivity contribution in [3.63, 3.8) is 0 Å². The van der Waals surface area contributed by atoms with Gasteiger partial charge in [-0.05, 0) is 19.1 Å². The minimum atomic E-state index is -3.60. The summed E-state index contributed by atoms with van der Waals surface area (Å²) in [4.78, 5) is 0.197. The molecule has 18 heavy (non-hydrogen) atoms. The zero-order chi connectivity index (χ0) is 13.2. The SMILES string of the molecule is Cc1ccc(S(=O)(=O)N[C@@H]2C=CC=CC2O)cc1. The minimum absolute atomic E-state index is 0.197. The molecule has 0 fully saturated rings. The van der Waals surface area contributed by atoms with Gasteiger partial charge in [0.15, 0.2) is 0 Å². The Hall–Kier alpha value is -1.43. The van der Waals surface area contributed by atoms with E-state index in [0.717, 1.165) is 5.56 Å². The third-order valence-electron chi connectivity index (χ3n) is 2.73. The second-order valence-corrected chi connectivity index (χ2v) is 5.93. The van der Waals surface area contributed by atoms with Crippen molar-refractivity contribution in [2.45, 2.75) is 24.0 Å². The molecule has 0 spiro atoms. The van der Waals surface area contributed by atoms with Gasteiger partial charge in [-0.3, -0.25) is 0 Å². The number of aryl methyl sites for hydroxylation is 1. The second-order valence-electron chi connectivity index (χ2n) is 4.22. The second kappa shape index (κ2) is 5.06.